The highest BCUT2D eigenvalue weighted by atomic mass is 35.5. The van der Waals surface area contributed by atoms with Crippen molar-refractivity contribution in [1.29, 1.82) is 0 Å². The van der Waals surface area contributed by atoms with Crippen LogP contribution in [0.15, 0.2) is 23.6 Å². The normalized spacial score (nSPS) is 17.0. The molecule has 1 aliphatic rings. The Hall–Kier alpha value is -1.18. The van der Waals surface area contributed by atoms with E-state index in [1.807, 2.05) is 11.4 Å². The fraction of sp³-hybridized carbons (Fsp3) is 0.412. The van der Waals surface area contributed by atoms with Crippen molar-refractivity contribution >= 4 is 45.6 Å². The molecule has 8 heteroatoms. The number of rotatable bonds is 7. The zero-order valence-corrected chi connectivity index (χ0v) is 15.8. The second kappa shape index (κ2) is 8.96. The predicted octanol–water partition coefficient (Wildman–Crippen LogP) is 4.64. The molecule has 1 saturated heterocycles. The molecular formula is C17H18Cl2N2O3S. The van der Waals surface area contributed by atoms with Crippen LogP contribution >= 0.6 is 34.5 Å². The number of nitrogens with zero attached hydrogens (tertiary/aromatic N) is 1. The third kappa shape index (κ3) is 5.39. The Morgan fingerprint density at radius 3 is 3.08 bits per heavy atom. The summed E-state index contributed by atoms with van der Waals surface area (Å²) in [5.41, 5.74) is 1.49. The third-order valence-corrected chi connectivity index (χ3v) is 5.06. The highest BCUT2D eigenvalue weighted by Crippen LogP contribution is 2.32. The predicted molar refractivity (Wildman–Crippen MR) is 101 cm³/mol. The number of aromatic nitrogens is 1. The minimum Gasteiger partial charge on any atom is -0.378 e. The van der Waals surface area contributed by atoms with Gasteiger partial charge in [-0.15, -0.1) is 11.3 Å². The van der Waals surface area contributed by atoms with E-state index in [1.54, 1.807) is 12.1 Å². The molecular weight excluding hydrogens is 383 g/mol. The maximum absolute atomic E-state index is 12.0. The molecule has 2 aromatic rings. The highest BCUT2D eigenvalue weighted by Gasteiger charge is 2.15. The van der Waals surface area contributed by atoms with Crippen molar-refractivity contribution in [3.05, 3.63) is 33.6 Å². The van der Waals surface area contributed by atoms with Crippen molar-refractivity contribution in [2.75, 3.05) is 25.1 Å². The van der Waals surface area contributed by atoms with Crippen molar-refractivity contribution in [3.63, 3.8) is 0 Å². The van der Waals surface area contributed by atoms with Crippen molar-refractivity contribution < 1.29 is 14.3 Å². The Morgan fingerprint density at radius 1 is 1.44 bits per heavy atom. The van der Waals surface area contributed by atoms with Crippen LogP contribution in [-0.4, -0.2) is 36.8 Å². The van der Waals surface area contributed by atoms with Crippen molar-refractivity contribution in [1.82, 2.24) is 4.98 Å². The van der Waals surface area contributed by atoms with Crippen LogP contribution in [0.25, 0.3) is 11.3 Å². The van der Waals surface area contributed by atoms with Gasteiger partial charge < -0.3 is 14.8 Å². The van der Waals surface area contributed by atoms with Gasteiger partial charge >= 0.3 is 0 Å². The molecule has 5 nitrogen and oxygen atoms in total. The molecule has 0 spiro atoms. The number of anilines is 1. The molecule has 1 unspecified atom stereocenters. The van der Waals surface area contributed by atoms with Crippen LogP contribution in [0.3, 0.4) is 0 Å². The zero-order chi connectivity index (χ0) is 17.6. The molecule has 1 fully saturated rings. The summed E-state index contributed by atoms with van der Waals surface area (Å²) in [6.45, 7) is 1.72. The van der Waals surface area contributed by atoms with Crippen LogP contribution in [0.2, 0.25) is 10.0 Å². The number of amides is 1. The Bertz CT molecular complexity index is 732. The molecule has 134 valence electrons. The maximum Gasteiger partial charge on any atom is 0.228 e. The fourth-order valence-electron chi connectivity index (χ4n) is 2.49. The second-order valence-electron chi connectivity index (χ2n) is 5.67. The quantitative estimate of drug-likeness (QED) is 0.687. The number of halogens is 2. The standard InChI is InChI=1S/C17H18Cl2N2O3S/c18-11-3-4-13(14(19)8-11)15-10-25-17(20-15)21-16(22)5-7-23-9-12-2-1-6-24-12/h3-4,8,10,12H,1-2,5-7,9H2,(H,20,21,22). The minimum absolute atomic E-state index is 0.129. The van der Waals surface area contributed by atoms with Gasteiger partial charge in [0, 0.05) is 22.6 Å². The van der Waals surface area contributed by atoms with E-state index in [9.17, 15) is 4.79 Å². The molecule has 0 bridgehead atoms. The van der Waals surface area contributed by atoms with E-state index in [0.717, 1.165) is 25.0 Å². The van der Waals surface area contributed by atoms with E-state index in [4.69, 9.17) is 32.7 Å². The van der Waals surface area contributed by atoms with Crippen molar-refractivity contribution in [3.8, 4) is 11.3 Å². The Balaban J connectivity index is 1.46. The van der Waals surface area contributed by atoms with Gasteiger partial charge in [-0.25, -0.2) is 4.98 Å². The van der Waals surface area contributed by atoms with E-state index in [0.29, 0.717) is 34.1 Å². The number of carbonyl (C=O) groups is 1. The first-order chi connectivity index (χ1) is 12.1. The first-order valence-corrected chi connectivity index (χ1v) is 9.65. The van der Waals surface area contributed by atoms with E-state index >= 15 is 0 Å². The van der Waals surface area contributed by atoms with Gasteiger partial charge in [0.25, 0.3) is 0 Å². The number of nitrogens with one attached hydrogen (secondary N) is 1. The van der Waals surface area contributed by atoms with Crippen LogP contribution in [-0.2, 0) is 14.3 Å². The fourth-order valence-corrected chi connectivity index (χ4v) is 3.72. The first-order valence-electron chi connectivity index (χ1n) is 8.02. The lowest BCUT2D eigenvalue weighted by molar-refractivity contribution is -0.117. The Morgan fingerprint density at radius 2 is 2.32 bits per heavy atom. The van der Waals surface area contributed by atoms with Gasteiger partial charge in [-0.2, -0.15) is 0 Å². The van der Waals surface area contributed by atoms with E-state index < -0.39 is 0 Å². The monoisotopic (exact) mass is 400 g/mol. The lowest BCUT2D eigenvalue weighted by atomic mass is 10.2. The lowest BCUT2D eigenvalue weighted by Gasteiger charge is -2.09. The number of carbonyl (C=O) groups excluding carboxylic acids is 1. The summed E-state index contributed by atoms with van der Waals surface area (Å²) < 4.78 is 11.0. The van der Waals surface area contributed by atoms with Gasteiger partial charge in [-0.3, -0.25) is 4.79 Å². The van der Waals surface area contributed by atoms with Crippen LogP contribution in [0.4, 0.5) is 5.13 Å². The SMILES string of the molecule is O=C(CCOCC1CCCO1)Nc1nc(-c2ccc(Cl)cc2Cl)cs1. The number of hydrogen-bond donors (Lipinski definition) is 1. The molecule has 1 atom stereocenters. The number of hydrogen-bond acceptors (Lipinski definition) is 5. The van der Waals surface area contributed by atoms with Crippen LogP contribution in [0.1, 0.15) is 19.3 Å². The topological polar surface area (TPSA) is 60.5 Å². The average Bonchev–Trinajstić information content (AvgIpc) is 3.23. The number of thiazole rings is 1. The highest BCUT2D eigenvalue weighted by molar-refractivity contribution is 7.14. The van der Waals surface area contributed by atoms with Gasteiger partial charge in [0.15, 0.2) is 5.13 Å². The van der Waals surface area contributed by atoms with Gasteiger partial charge in [-0.05, 0) is 31.0 Å². The summed E-state index contributed by atoms with van der Waals surface area (Å²) in [5.74, 6) is -0.129. The average molecular weight is 401 g/mol. The van der Waals surface area contributed by atoms with E-state index in [2.05, 4.69) is 10.3 Å². The number of ether oxygens (including phenoxy) is 2. The summed E-state index contributed by atoms with van der Waals surface area (Å²) in [5, 5.41) is 6.25. The summed E-state index contributed by atoms with van der Waals surface area (Å²) >= 11 is 13.4. The van der Waals surface area contributed by atoms with Crippen LogP contribution < -0.4 is 5.32 Å². The first kappa shape index (κ1) is 18.6. The van der Waals surface area contributed by atoms with Crippen LogP contribution in [0, 0.1) is 0 Å². The molecule has 0 saturated carbocycles. The van der Waals surface area contributed by atoms with E-state index in [1.165, 1.54) is 11.3 Å². The molecule has 25 heavy (non-hydrogen) atoms. The molecule has 2 heterocycles. The Labute approximate surface area is 160 Å². The summed E-state index contributed by atoms with van der Waals surface area (Å²) in [6.07, 6.45) is 2.57. The minimum atomic E-state index is -0.129. The summed E-state index contributed by atoms with van der Waals surface area (Å²) in [6, 6.07) is 5.23. The van der Waals surface area contributed by atoms with Gasteiger partial charge in [0.1, 0.15) is 0 Å². The zero-order valence-electron chi connectivity index (χ0n) is 13.5. The molecule has 1 aromatic carbocycles. The third-order valence-electron chi connectivity index (χ3n) is 3.76. The number of benzene rings is 1. The molecule has 1 aliphatic heterocycles. The molecule has 3 rings (SSSR count). The molecule has 0 aliphatic carbocycles. The van der Waals surface area contributed by atoms with Gasteiger partial charge in [0.2, 0.25) is 5.91 Å². The molecule has 1 amide bonds. The van der Waals surface area contributed by atoms with Gasteiger partial charge in [-0.1, -0.05) is 23.2 Å². The molecule has 1 N–H and O–H groups in total. The van der Waals surface area contributed by atoms with E-state index in [-0.39, 0.29) is 18.4 Å². The second-order valence-corrected chi connectivity index (χ2v) is 7.37. The lowest BCUT2D eigenvalue weighted by Crippen LogP contribution is -2.18. The smallest absolute Gasteiger partial charge is 0.228 e. The summed E-state index contributed by atoms with van der Waals surface area (Å²) in [7, 11) is 0. The molecule has 0 radical (unpaired) electrons. The van der Waals surface area contributed by atoms with Crippen molar-refractivity contribution in [2.24, 2.45) is 0 Å². The maximum atomic E-state index is 12.0. The van der Waals surface area contributed by atoms with Crippen LogP contribution in [0.5, 0.6) is 0 Å². The largest absolute Gasteiger partial charge is 0.378 e. The molecule has 1 aromatic heterocycles. The van der Waals surface area contributed by atoms with Crippen molar-refractivity contribution in [2.45, 2.75) is 25.4 Å². The Kier molecular flexibility index (Phi) is 6.67. The summed E-state index contributed by atoms with van der Waals surface area (Å²) in [4.78, 5) is 16.4. The van der Waals surface area contributed by atoms with Gasteiger partial charge in [0.05, 0.1) is 36.5 Å².